The topological polar surface area (TPSA) is 9.23 Å². The molecule has 0 radical (unpaired) electrons. The third kappa shape index (κ3) is 5.28. The molecule has 1 aliphatic heterocycles. The summed E-state index contributed by atoms with van der Waals surface area (Å²) in [6, 6.07) is 10.7. The molecule has 2 unspecified atom stereocenters. The zero-order chi connectivity index (χ0) is 14.0. The molecule has 0 spiro atoms. The van der Waals surface area contributed by atoms with Gasteiger partial charge in [-0.3, -0.25) is 0 Å². The smallest absolute Gasteiger partial charge is 0.0825 e. The van der Waals surface area contributed by atoms with Crippen molar-refractivity contribution in [3.05, 3.63) is 35.9 Å². The highest BCUT2D eigenvalue weighted by atomic mass is 16.5. The van der Waals surface area contributed by atoms with E-state index in [-0.39, 0.29) is 0 Å². The second-order valence-corrected chi connectivity index (χ2v) is 6.23. The molecule has 20 heavy (non-hydrogen) atoms. The number of ether oxygens (including phenoxy) is 1. The molecule has 2 rings (SSSR count). The van der Waals surface area contributed by atoms with E-state index in [4.69, 9.17) is 4.74 Å². The van der Waals surface area contributed by atoms with Crippen LogP contribution in [0.4, 0.5) is 0 Å². The molecule has 0 N–H and O–H groups in total. The third-order valence-corrected chi connectivity index (χ3v) is 4.51. The Morgan fingerprint density at radius 3 is 2.40 bits per heavy atom. The van der Waals surface area contributed by atoms with Gasteiger partial charge in [-0.1, -0.05) is 75.8 Å². The molecule has 1 heterocycles. The fraction of sp³-hybridized carbons (Fsp3) is 0.684. The summed E-state index contributed by atoms with van der Waals surface area (Å²) in [5.74, 6) is 0.807. The van der Waals surface area contributed by atoms with E-state index >= 15 is 0 Å². The summed E-state index contributed by atoms with van der Waals surface area (Å²) in [5, 5.41) is 0. The highest BCUT2D eigenvalue weighted by Crippen LogP contribution is 2.32. The second-order valence-electron chi connectivity index (χ2n) is 6.23. The van der Waals surface area contributed by atoms with Gasteiger partial charge in [-0.15, -0.1) is 0 Å². The summed E-state index contributed by atoms with van der Waals surface area (Å²) in [6.07, 6.45) is 12.7. The van der Waals surface area contributed by atoms with Crippen molar-refractivity contribution in [3.8, 4) is 0 Å². The number of hydrogen-bond acceptors (Lipinski definition) is 1. The Hall–Kier alpha value is -0.820. The van der Waals surface area contributed by atoms with E-state index in [2.05, 4.69) is 37.3 Å². The molecular weight excluding hydrogens is 244 g/mol. The van der Waals surface area contributed by atoms with Gasteiger partial charge >= 0.3 is 0 Å². The average Bonchev–Trinajstić information content (AvgIpc) is 2.52. The van der Waals surface area contributed by atoms with Crippen molar-refractivity contribution in [2.24, 2.45) is 5.92 Å². The predicted molar refractivity (Wildman–Crippen MR) is 85.9 cm³/mol. The van der Waals surface area contributed by atoms with Crippen molar-refractivity contribution in [3.63, 3.8) is 0 Å². The van der Waals surface area contributed by atoms with Crippen molar-refractivity contribution in [2.45, 2.75) is 70.8 Å². The van der Waals surface area contributed by atoms with Crippen LogP contribution in [0.2, 0.25) is 0 Å². The van der Waals surface area contributed by atoms with Crippen LogP contribution in [0.15, 0.2) is 30.3 Å². The van der Waals surface area contributed by atoms with Gasteiger partial charge in [-0.05, 0) is 30.7 Å². The molecule has 112 valence electrons. The maximum absolute atomic E-state index is 6.07. The zero-order valence-electron chi connectivity index (χ0n) is 13.0. The molecule has 0 aliphatic carbocycles. The Bertz CT molecular complexity index is 338. The summed E-state index contributed by atoms with van der Waals surface area (Å²) in [7, 11) is 0. The molecule has 2 atom stereocenters. The summed E-state index contributed by atoms with van der Waals surface area (Å²) in [6.45, 7) is 3.25. The highest BCUT2D eigenvalue weighted by molar-refractivity contribution is 5.17. The van der Waals surface area contributed by atoms with Crippen LogP contribution in [0.3, 0.4) is 0 Å². The summed E-state index contributed by atoms with van der Waals surface area (Å²) >= 11 is 0. The lowest BCUT2D eigenvalue weighted by Crippen LogP contribution is -2.20. The first-order chi connectivity index (χ1) is 9.90. The van der Waals surface area contributed by atoms with E-state index in [1.807, 2.05) is 0 Å². The van der Waals surface area contributed by atoms with Gasteiger partial charge in [0.15, 0.2) is 0 Å². The van der Waals surface area contributed by atoms with Gasteiger partial charge in [-0.2, -0.15) is 0 Å². The molecule has 1 saturated heterocycles. The van der Waals surface area contributed by atoms with Gasteiger partial charge in [0, 0.05) is 0 Å². The molecule has 0 bridgehead atoms. The second kappa shape index (κ2) is 9.18. The molecule has 1 aromatic rings. The first kappa shape index (κ1) is 15.6. The molecule has 0 amide bonds. The minimum atomic E-state index is 0.344. The number of benzene rings is 1. The van der Waals surface area contributed by atoms with E-state index in [1.165, 1.54) is 63.4 Å². The number of unbranched alkanes of at least 4 members (excludes halogenated alkanes) is 5. The first-order valence-electron chi connectivity index (χ1n) is 8.56. The highest BCUT2D eigenvalue weighted by Gasteiger charge is 2.22. The molecule has 1 aliphatic rings. The predicted octanol–water partition coefficient (Wildman–Crippen LogP) is 5.90. The Labute approximate surface area is 124 Å². The molecule has 1 aromatic carbocycles. The van der Waals surface area contributed by atoms with Crippen LogP contribution in [0, 0.1) is 5.92 Å². The van der Waals surface area contributed by atoms with Crippen LogP contribution < -0.4 is 0 Å². The maximum Gasteiger partial charge on any atom is 0.0825 e. The van der Waals surface area contributed by atoms with E-state index in [9.17, 15) is 0 Å². The van der Waals surface area contributed by atoms with Crippen LogP contribution in [-0.4, -0.2) is 6.61 Å². The normalized spacial score (nSPS) is 22.9. The zero-order valence-corrected chi connectivity index (χ0v) is 13.0. The minimum Gasteiger partial charge on any atom is -0.373 e. The van der Waals surface area contributed by atoms with E-state index in [0.29, 0.717) is 6.10 Å². The standard InChI is InChI=1S/C19H30O/c1-2-3-4-5-6-8-11-17-14-15-19(20-16-17)18-12-9-7-10-13-18/h7,9-10,12-13,17,19H,2-6,8,11,14-16H2,1H3. The fourth-order valence-electron chi connectivity index (χ4n) is 3.18. The van der Waals surface area contributed by atoms with Crippen LogP contribution >= 0.6 is 0 Å². The lowest BCUT2D eigenvalue weighted by atomic mass is 9.91. The average molecular weight is 274 g/mol. The van der Waals surface area contributed by atoms with E-state index < -0.39 is 0 Å². The lowest BCUT2D eigenvalue weighted by molar-refractivity contribution is -0.0199. The molecule has 1 heteroatoms. The van der Waals surface area contributed by atoms with Crippen molar-refractivity contribution >= 4 is 0 Å². The Morgan fingerprint density at radius 2 is 1.70 bits per heavy atom. The van der Waals surface area contributed by atoms with Gasteiger partial charge in [0.25, 0.3) is 0 Å². The number of hydrogen-bond donors (Lipinski definition) is 0. The van der Waals surface area contributed by atoms with E-state index in [1.54, 1.807) is 0 Å². The van der Waals surface area contributed by atoms with Crippen molar-refractivity contribution in [1.82, 2.24) is 0 Å². The fourth-order valence-corrected chi connectivity index (χ4v) is 3.18. The van der Waals surface area contributed by atoms with Gasteiger partial charge in [0.2, 0.25) is 0 Å². The maximum atomic E-state index is 6.07. The molecule has 1 nitrogen and oxygen atoms in total. The molecular formula is C19H30O. The Kier molecular flexibility index (Phi) is 7.14. The quantitative estimate of drug-likeness (QED) is 0.536. The number of rotatable bonds is 8. The summed E-state index contributed by atoms with van der Waals surface area (Å²) in [4.78, 5) is 0. The van der Waals surface area contributed by atoms with Gasteiger partial charge in [-0.25, -0.2) is 0 Å². The lowest BCUT2D eigenvalue weighted by Gasteiger charge is -2.29. The monoisotopic (exact) mass is 274 g/mol. The minimum absolute atomic E-state index is 0.344. The largest absolute Gasteiger partial charge is 0.373 e. The Morgan fingerprint density at radius 1 is 0.950 bits per heavy atom. The molecule has 0 saturated carbocycles. The SMILES string of the molecule is CCCCCCCCC1CCC(c2ccccc2)OC1. The third-order valence-electron chi connectivity index (χ3n) is 4.51. The van der Waals surface area contributed by atoms with Crippen LogP contribution in [0.1, 0.15) is 76.4 Å². The van der Waals surface area contributed by atoms with Crippen molar-refractivity contribution in [1.29, 1.82) is 0 Å². The van der Waals surface area contributed by atoms with Gasteiger partial charge in [0.05, 0.1) is 12.7 Å². The van der Waals surface area contributed by atoms with Crippen LogP contribution in [0.5, 0.6) is 0 Å². The van der Waals surface area contributed by atoms with E-state index in [0.717, 1.165) is 12.5 Å². The summed E-state index contributed by atoms with van der Waals surface area (Å²) in [5.41, 5.74) is 1.35. The van der Waals surface area contributed by atoms with Crippen molar-refractivity contribution in [2.75, 3.05) is 6.61 Å². The van der Waals surface area contributed by atoms with Crippen LogP contribution in [0.25, 0.3) is 0 Å². The Balaban J connectivity index is 1.58. The van der Waals surface area contributed by atoms with Gasteiger partial charge < -0.3 is 4.74 Å². The van der Waals surface area contributed by atoms with Gasteiger partial charge in [0.1, 0.15) is 0 Å². The summed E-state index contributed by atoms with van der Waals surface area (Å²) < 4.78 is 6.07. The van der Waals surface area contributed by atoms with Crippen molar-refractivity contribution < 1.29 is 4.74 Å². The molecule has 0 aromatic heterocycles. The first-order valence-corrected chi connectivity index (χ1v) is 8.56. The van der Waals surface area contributed by atoms with Crippen LogP contribution in [-0.2, 0) is 4.74 Å². The molecule has 1 fully saturated rings.